The molecule has 0 bridgehead atoms. The van der Waals surface area contributed by atoms with Crippen molar-refractivity contribution >= 4 is 34.5 Å². The number of pyridine rings is 1. The maximum absolute atomic E-state index is 12.3. The van der Waals surface area contributed by atoms with Gasteiger partial charge < -0.3 is 14.2 Å². The SMILES string of the molecule is Cc1nc2cc(COC(=O)Nc3ccc4c(c3)OCO4)ccc2cc1C1CCC(=O)NC1=O. The van der Waals surface area contributed by atoms with E-state index in [-0.39, 0.29) is 31.1 Å². The van der Waals surface area contributed by atoms with Crippen molar-refractivity contribution < 1.29 is 28.6 Å². The van der Waals surface area contributed by atoms with Crippen molar-refractivity contribution in [2.75, 3.05) is 12.1 Å². The number of hydrogen-bond acceptors (Lipinski definition) is 7. The van der Waals surface area contributed by atoms with Crippen LogP contribution < -0.4 is 20.1 Å². The maximum atomic E-state index is 12.3. The van der Waals surface area contributed by atoms with Crippen molar-refractivity contribution in [2.24, 2.45) is 0 Å². The number of hydrogen-bond donors (Lipinski definition) is 2. The Kier molecular flexibility index (Phi) is 5.29. The second kappa shape index (κ2) is 8.42. The lowest BCUT2D eigenvalue weighted by Crippen LogP contribution is -2.39. The Balaban J connectivity index is 1.26. The van der Waals surface area contributed by atoms with E-state index in [1.807, 2.05) is 31.2 Å². The van der Waals surface area contributed by atoms with E-state index in [1.54, 1.807) is 18.2 Å². The zero-order chi connectivity index (χ0) is 22.9. The Morgan fingerprint density at radius 2 is 2.00 bits per heavy atom. The van der Waals surface area contributed by atoms with E-state index < -0.39 is 6.09 Å². The molecule has 3 heterocycles. The molecule has 1 aromatic heterocycles. The molecular formula is C24H21N3O6. The molecule has 0 saturated carbocycles. The van der Waals surface area contributed by atoms with Gasteiger partial charge in [-0.25, -0.2) is 4.79 Å². The highest BCUT2D eigenvalue weighted by molar-refractivity contribution is 6.01. The van der Waals surface area contributed by atoms with Crippen LogP contribution in [0.5, 0.6) is 11.5 Å². The van der Waals surface area contributed by atoms with Crippen LogP contribution in [-0.4, -0.2) is 29.7 Å². The fourth-order valence-electron chi connectivity index (χ4n) is 4.04. The Morgan fingerprint density at radius 3 is 2.85 bits per heavy atom. The molecule has 1 unspecified atom stereocenters. The van der Waals surface area contributed by atoms with Crippen molar-refractivity contribution in [3.8, 4) is 11.5 Å². The van der Waals surface area contributed by atoms with E-state index in [4.69, 9.17) is 14.2 Å². The van der Waals surface area contributed by atoms with Crippen LogP contribution in [0.1, 0.15) is 35.6 Å². The standard InChI is InChI=1S/C24H21N3O6/c1-13-18(17-5-7-22(28)27-23(17)29)9-15-3-2-14(8-19(15)25-13)11-31-24(30)26-16-4-6-20-21(10-16)33-12-32-20/h2-4,6,8-10,17H,5,7,11-12H2,1H3,(H,26,30)(H,27,28,29). The highest BCUT2D eigenvalue weighted by atomic mass is 16.7. The summed E-state index contributed by atoms with van der Waals surface area (Å²) in [4.78, 5) is 40.5. The molecule has 9 nitrogen and oxygen atoms in total. The van der Waals surface area contributed by atoms with Gasteiger partial charge in [0.25, 0.3) is 0 Å². The first-order valence-corrected chi connectivity index (χ1v) is 10.5. The number of piperidine rings is 1. The van der Waals surface area contributed by atoms with Crippen molar-refractivity contribution in [3.05, 3.63) is 59.3 Å². The molecule has 1 atom stereocenters. The Morgan fingerprint density at radius 1 is 1.15 bits per heavy atom. The second-order valence-corrected chi connectivity index (χ2v) is 7.96. The number of carbonyl (C=O) groups excluding carboxylic acids is 3. The number of aromatic nitrogens is 1. The van der Waals surface area contributed by atoms with Gasteiger partial charge >= 0.3 is 6.09 Å². The average Bonchev–Trinajstić information content (AvgIpc) is 3.25. The molecule has 5 rings (SSSR count). The summed E-state index contributed by atoms with van der Waals surface area (Å²) in [7, 11) is 0. The van der Waals surface area contributed by atoms with Gasteiger partial charge in [0.15, 0.2) is 11.5 Å². The van der Waals surface area contributed by atoms with Gasteiger partial charge in [-0.15, -0.1) is 0 Å². The van der Waals surface area contributed by atoms with Crippen LogP contribution in [-0.2, 0) is 20.9 Å². The summed E-state index contributed by atoms with van der Waals surface area (Å²) in [5.74, 6) is 0.292. The van der Waals surface area contributed by atoms with Crippen LogP contribution in [0.25, 0.3) is 10.9 Å². The molecule has 33 heavy (non-hydrogen) atoms. The van der Waals surface area contributed by atoms with Crippen molar-refractivity contribution in [2.45, 2.75) is 32.3 Å². The minimum atomic E-state index is -0.591. The van der Waals surface area contributed by atoms with Crippen LogP contribution in [0, 0.1) is 6.92 Å². The first-order chi connectivity index (χ1) is 16.0. The zero-order valence-corrected chi connectivity index (χ0v) is 17.8. The molecule has 0 spiro atoms. The first-order valence-electron chi connectivity index (χ1n) is 10.5. The van der Waals surface area contributed by atoms with Gasteiger partial charge in [0.1, 0.15) is 6.61 Å². The highest BCUT2D eigenvalue weighted by Crippen LogP contribution is 2.34. The number of nitrogens with one attached hydrogen (secondary N) is 2. The lowest BCUT2D eigenvalue weighted by Gasteiger charge is -2.22. The van der Waals surface area contributed by atoms with Gasteiger partial charge in [0, 0.05) is 29.3 Å². The third-order valence-corrected chi connectivity index (χ3v) is 5.72. The predicted molar refractivity (Wildman–Crippen MR) is 118 cm³/mol. The van der Waals surface area contributed by atoms with Crippen LogP contribution in [0.2, 0.25) is 0 Å². The number of imide groups is 1. The van der Waals surface area contributed by atoms with Crippen molar-refractivity contribution in [3.63, 3.8) is 0 Å². The van der Waals surface area contributed by atoms with E-state index in [9.17, 15) is 14.4 Å². The molecule has 9 heteroatoms. The van der Waals surface area contributed by atoms with Gasteiger partial charge in [0.05, 0.1) is 11.4 Å². The number of ether oxygens (including phenoxy) is 3. The Labute approximate surface area is 189 Å². The third-order valence-electron chi connectivity index (χ3n) is 5.72. The summed E-state index contributed by atoms with van der Waals surface area (Å²) in [6.07, 6.45) is 0.202. The van der Waals surface area contributed by atoms with Gasteiger partial charge in [0.2, 0.25) is 18.6 Å². The number of nitrogens with zero attached hydrogens (tertiary/aromatic N) is 1. The largest absolute Gasteiger partial charge is 0.454 e. The number of aryl methyl sites for hydroxylation is 1. The molecule has 0 radical (unpaired) electrons. The molecule has 2 N–H and O–H groups in total. The van der Waals surface area contributed by atoms with Crippen LogP contribution in [0.3, 0.4) is 0 Å². The van der Waals surface area contributed by atoms with E-state index in [0.29, 0.717) is 30.0 Å². The monoisotopic (exact) mass is 447 g/mol. The smallest absolute Gasteiger partial charge is 0.411 e. The molecule has 2 aliphatic heterocycles. The number of rotatable bonds is 4. The molecule has 3 amide bonds. The topological polar surface area (TPSA) is 116 Å². The van der Waals surface area contributed by atoms with Crippen LogP contribution in [0.4, 0.5) is 10.5 Å². The summed E-state index contributed by atoms with van der Waals surface area (Å²) in [5, 5.41) is 5.93. The summed E-state index contributed by atoms with van der Waals surface area (Å²) in [6.45, 7) is 2.08. The molecule has 3 aromatic rings. The fraction of sp³-hybridized carbons (Fsp3) is 0.250. The van der Waals surface area contributed by atoms with Crippen LogP contribution in [0.15, 0.2) is 42.5 Å². The lowest BCUT2D eigenvalue weighted by atomic mass is 9.89. The van der Waals surface area contributed by atoms with Crippen molar-refractivity contribution in [1.82, 2.24) is 10.3 Å². The Bertz CT molecular complexity index is 1290. The summed E-state index contributed by atoms with van der Waals surface area (Å²) in [6, 6.07) is 12.6. The van der Waals surface area contributed by atoms with Crippen molar-refractivity contribution in [1.29, 1.82) is 0 Å². The number of benzene rings is 2. The van der Waals surface area contributed by atoms with Gasteiger partial charge in [-0.2, -0.15) is 0 Å². The van der Waals surface area contributed by atoms with E-state index in [1.165, 1.54) is 0 Å². The first kappa shape index (κ1) is 20.7. The number of fused-ring (bicyclic) bond motifs is 2. The fourth-order valence-corrected chi connectivity index (χ4v) is 4.04. The summed E-state index contributed by atoms with van der Waals surface area (Å²) < 4.78 is 15.9. The molecule has 0 aliphatic carbocycles. The van der Waals surface area contributed by atoms with E-state index >= 15 is 0 Å². The number of carbonyl (C=O) groups is 3. The molecule has 2 aliphatic rings. The quantitative estimate of drug-likeness (QED) is 0.588. The second-order valence-electron chi connectivity index (χ2n) is 7.96. The van der Waals surface area contributed by atoms with Gasteiger partial charge in [-0.05, 0) is 48.7 Å². The molecule has 1 fully saturated rings. The van der Waals surface area contributed by atoms with Gasteiger partial charge in [-0.3, -0.25) is 25.2 Å². The average molecular weight is 447 g/mol. The molecule has 168 valence electrons. The summed E-state index contributed by atoms with van der Waals surface area (Å²) >= 11 is 0. The highest BCUT2D eigenvalue weighted by Gasteiger charge is 2.29. The van der Waals surface area contributed by atoms with E-state index in [2.05, 4.69) is 15.6 Å². The zero-order valence-electron chi connectivity index (χ0n) is 17.8. The lowest BCUT2D eigenvalue weighted by molar-refractivity contribution is -0.134. The summed E-state index contributed by atoms with van der Waals surface area (Å²) in [5.41, 5.74) is 3.61. The van der Waals surface area contributed by atoms with E-state index in [0.717, 1.165) is 27.7 Å². The third kappa shape index (κ3) is 4.30. The number of amides is 3. The molecular weight excluding hydrogens is 426 g/mol. The Hall–Kier alpha value is -4.14. The van der Waals surface area contributed by atoms with Crippen LogP contribution >= 0.6 is 0 Å². The molecule has 1 saturated heterocycles. The predicted octanol–water partition coefficient (Wildman–Crippen LogP) is 3.54. The minimum Gasteiger partial charge on any atom is -0.454 e. The normalized spacial score (nSPS) is 17.1. The maximum Gasteiger partial charge on any atom is 0.411 e. The molecule has 2 aromatic carbocycles. The van der Waals surface area contributed by atoms with Gasteiger partial charge in [-0.1, -0.05) is 12.1 Å². The number of anilines is 1. The minimum absolute atomic E-state index is 0.0714.